The summed E-state index contributed by atoms with van der Waals surface area (Å²) in [6.45, 7) is 5.13. The zero-order chi connectivity index (χ0) is 36.5. The first-order valence-corrected chi connectivity index (χ1v) is 17.7. The number of ether oxygens (including phenoxy) is 4. The highest BCUT2D eigenvalue weighted by atomic mass is 16.6. The van der Waals surface area contributed by atoms with Crippen molar-refractivity contribution in [2.24, 2.45) is 0 Å². The Morgan fingerprint density at radius 3 is 1.08 bits per heavy atom. The smallest absolute Gasteiger partial charge is 0.407 e. The summed E-state index contributed by atoms with van der Waals surface area (Å²) in [6.07, 6.45) is 13.1. The van der Waals surface area contributed by atoms with Gasteiger partial charge in [-0.1, -0.05) is 84.5 Å². The number of amides is 6. The van der Waals surface area contributed by atoms with E-state index in [0.29, 0.717) is 39.0 Å². The van der Waals surface area contributed by atoms with Crippen molar-refractivity contribution in [2.45, 2.75) is 122 Å². The lowest BCUT2D eigenvalue weighted by Gasteiger charge is -2.17. The highest BCUT2D eigenvalue weighted by molar-refractivity contribution is 5.84. The van der Waals surface area contributed by atoms with Crippen LogP contribution in [0, 0.1) is 0 Å². The molecule has 0 radical (unpaired) electrons. The Labute approximate surface area is 291 Å². The molecular formula is C33H62N6O10. The summed E-state index contributed by atoms with van der Waals surface area (Å²) in [7, 11) is 2.36. The van der Waals surface area contributed by atoms with Crippen LogP contribution in [0.3, 0.4) is 0 Å². The third-order valence-corrected chi connectivity index (χ3v) is 7.37. The molecule has 6 N–H and O–H groups in total. The fourth-order valence-corrected chi connectivity index (χ4v) is 4.48. The number of methoxy groups -OCH3 is 2. The Kier molecular flexibility index (Phi) is 28.8. The van der Waals surface area contributed by atoms with Gasteiger partial charge in [0.05, 0.1) is 14.2 Å². The molecule has 0 aromatic carbocycles. The Balaban J connectivity index is 4.10. The largest absolute Gasteiger partial charge is 0.467 e. The maximum absolute atomic E-state index is 12.1. The van der Waals surface area contributed by atoms with E-state index in [1.54, 1.807) is 0 Å². The predicted molar refractivity (Wildman–Crippen MR) is 184 cm³/mol. The number of urea groups is 2. The van der Waals surface area contributed by atoms with Crippen LogP contribution < -0.4 is 31.9 Å². The van der Waals surface area contributed by atoms with Gasteiger partial charge in [0, 0.05) is 26.2 Å². The minimum atomic E-state index is -1.14. The Hall–Kier alpha value is -3.98. The number of hydrogen-bond acceptors (Lipinski definition) is 10. The lowest BCUT2D eigenvalue weighted by Crippen LogP contribution is -2.49. The molecule has 0 aliphatic rings. The quantitative estimate of drug-likeness (QED) is 0.0392. The molecule has 0 aromatic rings. The number of hydrogen-bond donors (Lipinski definition) is 6. The highest BCUT2D eigenvalue weighted by Gasteiger charge is 2.24. The number of carbonyl (C=O) groups is 6. The van der Waals surface area contributed by atoms with Crippen LogP contribution in [-0.4, -0.2) is 102 Å². The minimum Gasteiger partial charge on any atom is -0.467 e. The molecule has 2 atom stereocenters. The average molecular weight is 703 g/mol. The van der Waals surface area contributed by atoms with Crippen molar-refractivity contribution < 1.29 is 47.7 Å². The van der Waals surface area contributed by atoms with Gasteiger partial charge in [-0.25, -0.2) is 28.8 Å². The van der Waals surface area contributed by atoms with Crippen molar-refractivity contribution in [3.8, 4) is 0 Å². The van der Waals surface area contributed by atoms with Gasteiger partial charge in [0.15, 0.2) is 12.1 Å². The lowest BCUT2D eigenvalue weighted by atomic mass is 10.1. The molecule has 0 aliphatic heterocycles. The second-order valence-corrected chi connectivity index (χ2v) is 11.6. The monoisotopic (exact) mass is 702 g/mol. The molecule has 0 aliphatic carbocycles. The summed E-state index contributed by atoms with van der Waals surface area (Å²) >= 11 is 0. The van der Waals surface area contributed by atoms with Crippen molar-refractivity contribution in [1.29, 1.82) is 0 Å². The van der Waals surface area contributed by atoms with Crippen molar-refractivity contribution >= 4 is 36.2 Å². The number of esters is 2. The van der Waals surface area contributed by atoms with E-state index < -0.39 is 48.3 Å². The standard InChI is InChI=1S/C33H62N6O10/c1-5-7-9-11-13-17-21-35-31(43)39-27(29(41)47-4)25-49-33(45)37-23-19-15-14-18-22-36-32(44)48-24-26(28(40)46-3)38-30(42)34-20-16-12-10-8-6-2/h26-27H,5-25H2,1-4H3,(H,36,44)(H,37,45)(H2,34,38,42)(H2,35,39,43). The molecule has 2 unspecified atom stereocenters. The van der Waals surface area contributed by atoms with E-state index in [0.717, 1.165) is 64.2 Å². The van der Waals surface area contributed by atoms with Gasteiger partial charge in [0.1, 0.15) is 13.2 Å². The van der Waals surface area contributed by atoms with Gasteiger partial charge in [0.25, 0.3) is 0 Å². The van der Waals surface area contributed by atoms with Crippen LogP contribution in [0.2, 0.25) is 0 Å². The molecule has 0 saturated heterocycles. The van der Waals surface area contributed by atoms with Gasteiger partial charge in [-0.15, -0.1) is 0 Å². The van der Waals surface area contributed by atoms with Gasteiger partial charge in [0.2, 0.25) is 0 Å². The van der Waals surface area contributed by atoms with Crippen LogP contribution in [-0.2, 0) is 28.5 Å². The van der Waals surface area contributed by atoms with Crippen LogP contribution in [0.15, 0.2) is 0 Å². The zero-order valence-corrected chi connectivity index (χ0v) is 30.1. The molecule has 16 nitrogen and oxygen atoms in total. The third-order valence-electron chi connectivity index (χ3n) is 7.37. The molecule has 0 spiro atoms. The fraction of sp³-hybridized carbons (Fsp3) is 0.818. The second kappa shape index (κ2) is 31.3. The first-order chi connectivity index (χ1) is 23.7. The Bertz CT molecular complexity index is 940. The molecule has 0 fully saturated rings. The third kappa shape index (κ3) is 26.6. The first kappa shape index (κ1) is 45.0. The van der Waals surface area contributed by atoms with E-state index in [9.17, 15) is 28.8 Å². The van der Waals surface area contributed by atoms with Crippen molar-refractivity contribution in [3.63, 3.8) is 0 Å². The van der Waals surface area contributed by atoms with E-state index in [1.807, 2.05) is 0 Å². The van der Waals surface area contributed by atoms with Gasteiger partial charge in [-0.3, -0.25) is 0 Å². The normalized spacial score (nSPS) is 11.7. The summed E-state index contributed by atoms with van der Waals surface area (Å²) in [4.78, 5) is 72.4. The molecule has 49 heavy (non-hydrogen) atoms. The summed E-state index contributed by atoms with van der Waals surface area (Å²) in [5.74, 6) is -1.46. The minimum absolute atomic E-state index is 0.331. The maximum atomic E-state index is 12.1. The topological polar surface area (TPSA) is 212 Å². The molecule has 6 amide bonds. The van der Waals surface area contributed by atoms with E-state index >= 15 is 0 Å². The van der Waals surface area contributed by atoms with Crippen LogP contribution in [0.25, 0.3) is 0 Å². The molecule has 0 heterocycles. The van der Waals surface area contributed by atoms with Crippen LogP contribution >= 0.6 is 0 Å². The molecule has 0 saturated carbocycles. The number of nitrogens with one attached hydrogen (secondary N) is 6. The number of alkyl carbamates (subject to hydrolysis) is 2. The maximum Gasteiger partial charge on any atom is 0.407 e. The Morgan fingerprint density at radius 1 is 0.449 bits per heavy atom. The molecule has 0 aromatic heterocycles. The molecule has 0 rings (SSSR count). The van der Waals surface area contributed by atoms with Crippen LogP contribution in [0.1, 0.15) is 110 Å². The van der Waals surface area contributed by atoms with E-state index in [4.69, 9.17) is 14.2 Å². The molecule has 0 bridgehead atoms. The summed E-state index contributed by atoms with van der Waals surface area (Å²) < 4.78 is 19.6. The Morgan fingerprint density at radius 2 is 0.755 bits per heavy atom. The number of unbranched alkanes of at least 4 members (excludes halogenated alkanes) is 12. The van der Waals surface area contributed by atoms with Crippen LogP contribution in [0.4, 0.5) is 19.2 Å². The highest BCUT2D eigenvalue weighted by Crippen LogP contribution is 2.04. The lowest BCUT2D eigenvalue weighted by molar-refractivity contribution is -0.144. The van der Waals surface area contributed by atoms with Crippen molar-refractivity contribution in [2.75, 3.05) is 53.6 Å². The average Bonchev–Trinajstić information content (AvgIpc) is 3.09. The molecule has 16 heteroatoms. The molecular weight excluding hydrogens is 640 g/mol. The number of carbonyl (C=O) groups excluding carboxylic acids is 6. The summed E-state index contributed by atoms with van der Waals surface area (Å²) in [5.41, 5.74) is 0. The van der Waals surface area contributed by atoms with Gasteiger partial charge >= 0.3 is 36.2 Å². The SMILES string of the molecule is CCCCCCCCNC(=O)NC(COC(=O)NCCCCCCNC(=O)OCC(NC(=O)NCCCCCCC)C(=O)OC)C(=O)OC. The van der Waals surface area contributed by atoms with Crippen LogP contribution in [0.5, 0.6) is 0 Å². The van der Waals surface area contributed by atoms with Crippen molar-refractivity contribution in [1.82, 2.24) is 31.9 Å². The zero-order valence-electron chi connectivity index (χ0n) is 30.1. The van der Waals surface area contributed by atoms with E-state index in [-0.39, 0.29) is 13.2 Å². The first-order valence-electron chi connectivity index (χ1n) is 17.7. The van der Waals surface area contributed by atoms with Gasteiger partial charge in [-0.05, 0) is 25.7 Å². The van der Waals surface area contributed by atoms with Gasteiger partial charge < -0.3 is 50.8 Å². The fourth-order valence-electron chi connectivity index (χ4n) is 4.48. The summed E-state index contributed by atoms with van der Waals surface area (Å²) in [5, 5.41) is 15.5. The van der Waals surface area contributed by atoms with E-state index in [1.165, 1.54) is 33.5 Å². The molecule has 284 valence electrons. The van der Waals surface area contributed by atoms with E-state index in [2.05, 4.69) is 50.5 Å². The van der Waals surface area contributed by atoms with Crippen molar-refractivity contribution in [3.05, 3.63) is 0 Å². The predicted octanol–water partition coefficient (Wildman–Crippen LogP) is 4.01. The van der Waals surface area contributed by atoms with Gasteiger partial charge in [-0.2, -0.15) is 0 Å². The summed E-state index contributed by atoms with van der Waals surface area (Å²) in [6, 6.07) is -3.37. The number of rotatable bonds is 28. The second-order valence-electron chi connectivity index (χ2n) is 11.6.